The van der Waals surface area contributed by atoms with E-state index in [1.807, 2.05) is 0 Å². The summed E-state index contributed by atoms with van der Waals surface area (Å²) in [5, 5.41) is 9.37. The van der Waals surface area contributed by atoms with Crippen LogP contribution in [0.5, 0.6) is 0 Å². The smallest absolute Gasteiger partial charge is 0.335 e. The van der Waals surface area contributed by atoms with Crippen molar-refractivity contribution in [2.24, 2.45) is 5.92 Å². The summed E-state index contributed by atoms with van der Waals surface area (Å²) in [6.07, 6.45) is 2.35. The molecule has 0 aromatic carbocycles. The van der Waals surface area contributed by atoms with Gasteiger partial charge in [0.25, 0.3) is 0 Å². The summed E-state index contributed by atoms with van der Waals surface area (Å²) in [4.78, 5) is 18.5. The van der Waals surface area contributed by atoms with Crippen LogP contribution in [0.1, 0.15) is 63.5 Å². The Morgan fingerprint density at radius 3 is 2.43 bits per heavy atom. The third kappa shape index (κ3) is 3.96. The molecular weight excluding hydrogens is 264 g/mol. The van der Waals surface area contributed by atoms with Crippen LogP contribution < -0.4 is 4.90 Å². The minimum absolute atomic E-state index is 0.159. The van der Waals surface area contributed by atoms with Crippen molar-refractivity contribution in [1.82, 2.24) is 4.98 Å². The lowest BCUT2D eigenvalue weighted by Gasteiger charge is -2.28. The van der Waals surface area contributed by atoms with Crippen LogP contribution in [0.3, 0.4) is 0 Å². The van der Waals surface area contributed by atoms with Gasteiger partial charge in [-0.1, -0.05) is 34.6 Å². The van der Waals surface area contributed by atoms with E-state index < -0.39 is 5.97 Å². The molecule has 0 amide bonds. The number of nitrogens with zero attached hydrogens (tertiary/aromatic N) is 2. The zero-order valence-corrected chi connectivity index (χ0v) is 13.7. The second-order valence-electron chi connectivity index (χ2n) is 7.43. The van der Waals surface area contributed by atoms with Crippen molar-refractivity contribution in [3.05, 3.63) is 23.4 Å². The first-order valence-electron chi connectivity index (χ1n) is 7.71. The maximum Gasteiger partial charge on any atom is 0.335 e. The monoisotopic (exact) mass is 290 g/mol. The van der Waals surface area contributed by atoms with Crippen molar-refractivity contribution < 1.29 is 9.90 Å². The summed E-state index contributed by atoms with van der Waals surface area (Å²) in [5.74, 6) is 0.458. The minimum atomic E-state index is -0.885. The Labute approximate surface area is 127 Å². The van der Waals surface area contributed by atoms with Gasteiger partial charge in [-0.15, -0.1) is 0 Å². The van der Waals surface area contributed by atoms with E-state index in [2.05, 4.69) is 39.5 Å². The Hall–Kier alpha value is -1.58. The van der Waals surface area contributed by atoms with Crippen LogP contribution >= 0.6 is 0 Å². The topological polar surface area (TPSA) is 53.4 Å². The van der Waals surface area contributed by atoms with E-state index in [9.17, 15) is 9.90 Å². The SMILES string of the molecule is CC(C)CN(c1cc(C(=O)O)cc(C(C)(C)C)n1)C1CC1. The van der Waals surface area contributed by atoms with Crippen molar-refractivity contribution in [3.63, 3.8) is 0 Å². The lowest BCUT2D eigenvalue weighted by Crippen LogP contribution is -2.31. The van der Waals surface area contributed by atoms with Crippen LogP contribution in [-0.2, 0) is 5.41 Å². The number of hydrogen-bond donors (Lipinski definition) is 1. The van der Waals surface area contributed by atoms with E-state index in [1.54, 1.807) is 12.1 Å². The second kappa shape index (κ2) is 5.66. The molecule has 1 aliphatic carbocycles. The zero-order chi connectivity index (χ0) is 15.8. The fourth-order valence-electron chi connectivity index (χ4n) is 2.38. The van der Waals surface area contributed by atoms with E-state index in [0.717, 1.165) is 18.1 Å². The van der Waals surface area contributed by atoms with E-state index in [1.165, 1.54) is 12.8 Å². The lowest BCUT2D eigenvalue weighted by molar-refractivity contribution is 0.0696. The maximum atomic E-state index is 11.4. The highest BCUT2D eigenvalue weighted by Crippen LogP contribution is 2.33. The van der Waals surface area contributed by atoms with Crippen molar-refractivity contribution >= 4 is 11.8 Å². The van der Waals surface area contributed by atoms with Gasteiger partial charge in [-0.2, -0.15) is 0 Å². The van der Waals surface area contributed by atoms with Crippen LogP contribution in [0.4, 0.5) is 5.82 Å². The Kier molecular flexibility index (Phi) is 4.26. The van der Waals surface area contributed by atoms with Crippen LogP contribution in [0, 0.1) is 5.92 Å². The highest BCUT2D eigenvalue weighted by molar-refractivity contribution is 5.88. The van der Waals surface area contributed by atoms with Gasteiger partial charge < -0.3 is 10.0 Å². The maximum absolute atomic E-state index is 11.4. The summed E-state index contributed by atoms with van der Waals surface area (Å²) in [7, 11) is 0. The summed E-state index contributed by atoms with van der Waals surface area (Å²) >= 11 is 0. The highest BCUT2D eigenvalue weighted by atomic mass is 16.4. The van der Waals surface area contributed by atoms with Crippen molar-refractivity contribution in [3.8, 4) is 0 Å². The molecule has 4 nitrogen and oxygen atoms in total. The first-order chi connectivity index (χ1) is 9.68. The number of aromatic carboxylic acids is 1. The minimum Gasteiger partial charge on any atom is -0.478 e. The number of pyridine rings is 1. The fourth-order valence-corrected chi connectivity index (χ4v) is 2.38. The van der Waals surface area contributed by atoms with Gasteiger partial charge in [-0.25, -0.2) is 9.78 Å². The third-order valence-corrected chi connectivity index (χ3v) is 3.67. The first-order valence-corrected chi connectivity index (χ1v) is 7.71. The Morgan fingerprint density at radius 2 is 2.00 bits per heavy atom. The molecule has 1 aromatic heterocycles. The van der Waals surface area contributed by atoms with Gasteiger partial charge in [0, 0.05) is 23.7 Å². The molecule has 116 valence electrons. The average Bonchev–Trinajstić information content (AvgIpc) is 3.18. The molecule has 0 radical (unpaired) electrons. The molecule has 2 rings (SSSR count). The number of anilines is 1. The molecule has 0 spiro atoms. The molecule has 1 heterocycles. The summed E-state index contributed by atoms with van der Waals surface area (Å²) < 4.78 is 0. The molecule has 0 atom stereocenters. The predicted molar refractivity (Wildman–Crippen MR) is 85.1 cm³/mol. The molecule has 1 aromatic rings. The highest BCUT2D eigenvalue weighted by Gasteiger charge is 2.31. The zero-order valence-electron chi connectivity index (χ0n) is 13.7. The number of aromatic nitrogens is 1. The van der Waals surface area contributed by atoms with Gasteiger partial charge in [-0.05, 0) is 30.9 Å². The molecule has 1 fully saturated rings. The lowest BCUT2D eigenvalue weighted by atomic mass is 9.90. The summed E-state index contributed by atoms with van der Waals surface area (Å²) in [5.41, 5.74) is 1.01. The first kappa shape index (κ1) is 15.8. The molecule has 0 aliphatic heterocycles. The van der Waals surface area contributed by atoms with Crippen LogP contribution in [0.25, 0.3) is 0 Å². The standard InChI is InChI=1S/C17H26N2O2/c1-11(2)10-19(13-6-7-13)15-9-12(16(20)21)8-14(18-15)17(3,4)5/h8-9,11,13H,6-7,10H2,1-5H3,(H,20,21). The molecule has 4 heteroatoms. The molecule has 21 heavy (non-hydrogen) atoms. The fraction of sp³-hybridized carbons (Fsp3) is 0.647. The van der Waals surface area contributed by atoms with Gasteiger partial charge in [0.15, 0.2) is 0 Å². The second-order valence-corrected chi connectivity index (χ2v) is 7.43. The van der Waals surface area contributed by atoms with Crippen LogP contribution in [0.2, 0.25) is 0 Å². The van der Waals surface area contributed by atoms with E-state index >= 15 is 0 Å². The van der Waals surface area contributed by atoms with Crippen LogP contribution in [0.15, 0.2) is 12.1 Å². The molecule has 0 saturated heterocycles. The molecule has 0 bridgehead atoms. The molecule has 1 N–H and O–H groups in total. The average molecular weight is 290 g/mol. The Bertz CT molecular complexity index is 528. The van der Waals surface area contributed by atoms with Crippen molar-refractivity contribution in [2.75, 3.05) is 11.4 Å². The largest absolute Gasteiger partial charge is 0.478 e. The van der Waals surface area contributed by atoms with Gasteiger partial charge in [0.2, 0.25) is 0 Å². The number of carbonyl (C=O) groups is 1. The van der Waals surface area contributed by atoms with E-state index in [4.69, 9.17) is 4.98 Å². The molecular formula is C17H26N2O2. The molecule has 0 unspecified atom stereocenters. The number of rotatable bonds is 5. The van der Waals surface area contributed by atoms with Crippen molar-refractivity contribution in [1.29, 1.82) is 0 Å². The summed E-state index contributed by atoms with van der Waals surface area (Å²) in [6.45, 7) is 11.5. The molecule has 1 saturated carbocycles. The van der Waals surface area contributed by atoms with Gasteiger partial charge in [0.05, 0.1) is 5.56 Å². The third-order valence-electron chi connectivity index (χ3n) is 3.67. The Balaban J connectivity index is 2.45. The van der Waals surface area contributed by atoms with Crippen LogP contribution in [-0.4, -0.2) is 28.6 Å². The van der Waals surface area contributed by atoms with E-state index in [0.29, 0.717) is 17.5 Å². The Morgan fingerprint density at radius 1 is 1.38 bits per heavy atom. The van der Waals surface area contributed by atoms with Gasteiger partial charge in [0.1, 0.15) is 5.82 Å². The van der Waals surface area contributed by atoms with Gasteiger partial charge >= 0.3 is 5.97 Å². The van der Waals surface area contributed by atoms with Crippen molar-refractivity contribution in [2.45, 2.75) is 58.9 Å². The normalized spacial score (nSPS) is 15.3. The van der Waals surface area contributed by atoms with Gasteiger partial charge in [-0.3, -0.25) is 0 Å². The number of carboxylic acid groups (broad SMARTS) is 1. The predicted octanol–water partition coefficient (Wildman–Crippen LogP) is 3.70. The molecule has 1 aliphatic rings. The summed E-state index contributed by atoms with van der Waals surface area (Å²) in [6, 6.07) is 3.95. The quantitative estimate of drug-likeness (QED) is 0.898. The number of hydrogen-bond acceptors (Lipinski definition) is 3. The number of carboxylic acids is 1. The van der Waals surface area contributed by atoms with E-state index in [-0.39, 0.29) is 5.41 Å².